The second-order valence-corrected chi connectivity index (χ2v) is 4.43. The Morgan fingerprint density at radius 3 is 2.39 bits per heavy atom. The van der Waals surface area contributed by atoms with Gasteiger partial charge in [0.1, 0.15) is 0 Å². The molecule has 3 N–H and O–H groups in total. The highest BCUT2D eigenvalue weighted by Gasteiger charge is 2.24. The summed E-state index contributed by atoms with van der Waals surface area (Å²) in [5.74, 6) is -1.06. The van der Waals surface area contributed by atoms with Crippen molar-refractivity contribution >= 4 is 12.0 Å². The van der Waals surface area contributed by atoms with Crippen molar-refractivity contribution in [2.75, 3.05) is 0 Å². The first-order valence-corrected chi connectivity index (χ1v) is 6.01. The van der Waals surface area contributed by atoms with Gasteiger partial charge in [0, 0.05) is 6.04 Å². The molecule has 0 spiro atoms. The van der Waals surface area contributed by atoms with Crippen LogP contribution in [0.3, 0.4) is 0 Å². The third kappa shape index (κ3) is 3.00. The third-order valence-corrected chi connectivity index (χ3v) is 3.10. The van der Waals surface area contributed by atoms with Gasteiger partial charge in [0.15, 0.2) is 6.04 Å². The molecule has 1 saturated carbocycles. The van der Waals surface area contributed by atoms with E-state index in [1.807, 2.05) is 0 Å². The lowest BCUT2D eigenvalue weighted by Crippen LogP contribution is -2.47. The molecule has 1 fully saturated rings. The smallest absolute Gasteiger partial charge is 0.330 e. The van der Waals surface area contributed by atoms with E-state index in [-0.39, 0.29) is 6.04 Å². The van der Waals surface area contributed by atoms with Crippen LogP contribution >= 0.6 is 0 Å². The molecule has 2 rings (SSSR count). The number of aliphatic carboxylic acids is 1. The number of carbonyl (C=O) groups excluding carboxylic acids is 1. The maximum absolute atomic E-state index is 11.6. The maximum Gasteiger partial charge on any atom is 0.330 e. The Morgan fingerprint density at radius 2 is 1.89 bits per heavy atom. The number of nitrogens with one attached hydrogen (secondary N) is 2. The molecule has 2 amide bonds. The quantitative estimate of drug-likeness (QED) is 0.758. The van der Waals surface area contributed by atoms with Crippen molar-refractivity contribution in [2.24, 2.45) is 0 Å². The van der Waals surface area contributed by atoms with Crippen LogP contribution in [-0.2, 0) is 4.79 Å². The van der Waals surface area contributed by atoms with E-state index in [9.17, 15) is 9.59 Å². The van der Waals surface area contributed by atoms with Gasteiger partial charge in [0.05, 0.1) is 0 Å². The fraction of sp³-hybridized carbons (Fsp3) is 0.385. The minimum absolute atomic E-state index is 0.190. The minimum atomic E-state index is -1.06. The Labute approximate surface area is 105 Å². The molecule has 1 aromatic rings. The summed E-state index contributed by atoms with van der Waals surface area (Å²) >= 11 is 0. The summed E-state index contributed by atoms with van der Waals surface area (Å²) in [6.07, 6.45) is 3.05. The lowest BCUT2D eigenvalue weighted by atomic mass is 9.93. The summed E-state index contributed by atoms with van der Waals surface area (Å²) in [4.78, 5) is 22.8. The number of carboxylic acids is 1. The first-order valence-electron chi connectivity index (χ1n) is 6.01. The fourth-order valence-corrected chi connectivity index (χ4v) is 1.84. The monoisotopic (exact) mass is 248 g/mol. The molecule has 96 valence electrons. The summed E-state index contributed by atoms with van der Waals surface area (Å²) < 4.78 is 0. The van der Waals surface area contributed by atoms with Crippen molar-refractivity contribution < 1.29 is 14.7 Å². The van der Waals surface area contributed by atoms with Gasteiger partial charge >= 0.3 is 12.0 Å². The molecule has 0 bridgehead atoms. The van der Waals surface area contributed by atoms with Crippen LogP contribution < -0.4 is 10.6 Å². The molecule has 0 aliphatic heterocycles. The van der Waals surface area contributed by atoms with E-state index in [0.29, 0.717) is 5.56 Å². The van der Waals surface area contributed by atoms with Crippen molar-refractivity contribution in [1.29, 1.82) is 0 Å². The number of carbonyl (C=O) groups is 2. The summed E-state index contributed by atoms with van der Waals surface area (Å²) in [6.45, 7) is 0. The summed E-state index contributed by atoms with van der Waals surface area (Å²) in [5.41, 5.74) is 0.564. The maximum atomic E-state index is 11.6. The van der Waals surface area contributed by atoms with Crippen LogP contribution in [-0.4, -0.2) is 23.1 Å². The average molecular weight is 248 g/mol. The van der Waals surface area contributed by atoms with Gasteiger partial charge in [-0.05, 0) is 24.8 Å². The van der Waals surface area contributed by atoms with Gasteiger partial charge in [0.2, 0.25) is 0 Å². The normalized spacial score (nSPS) is 16.4. The van der Waals surface area contributed by atoms with E-state index in [1.54, 1.807) is 30.3 Å². The van der Waals surface area contributed by atoms with Crippen LogP contribution in [0.15, 0.2) is 30.3 Å². The van der Waals surface area contributed by atoms with Gasteiger partial charge in [-0.25, -0.2) is 9.59 Å². The number of hydrogen-bond acceptors (Lipinski definition) is 2. The number of rotatable bonds is 4. The molecular weight excluding hydrogens is 232 g/mol. The van der Waals surface area contributed by atoms with Gasteiger partial charge in [-0.3, -0.25) is 0 Å². The van der Waals surface area contributed by atoms with Crippen molar-refractivity contribution in [2.45, 2.75) is 31.3 Å². The highest BCUT2D eigenvalue weighted by atomic mass is 16.4. The van der Waals surface area contributed by atoms with E-state index < -0.39 is 18.0 Å². The standard InChI is InChI=1S/C13H16N2O3/c16-12(17)11(9-5-2-1-3-6-9)15-13(18)14-10-7-4-8-10/h1-3,5-6,10-11H,4,7-8H2,(H,16,17)(H2,14,15,18). The Bertz CT molecular complexity index is 429. The van der Waals surface area contributed by atoms with Crippen LogP contribution in [0, 0.1) is 0 Å². The highest BCUT2D eigenvalue weighted by Crippen LogP contribution is 2.18. The molecule has 18 heavy (non-hydrogen) atoms. The SMILES string of the molecule is O=C(NC1CCC1)NC(C(=O)O)c1ccccc1. The highest BCUT2D eigenvalue weighted by molar-refractivity contribution is 5.83. The molecule has 0 aromatic heterocycles. The van der Waals surface area contributed by atoms with Crippen molar-refractivity contribution in [3.63, 3.8) is 0 Å². The lowest BCUT2D eigenvalue weighted by Gasteiger charge is -2.27. The Kier molecular flexibility index (Phi) is 3.82. The van der Waals surface area contributed by atoms with E-state index in [0.717, 1.165) is 19.3 Å². The minimum Gasteiger partial charge on any atom is -0.479 e. The zero-order valence-electron chi connectivity index (χ0n) is 9.93. The largest absolute Gasteiger partial charge is 0.479 e. The number of benzene rings is 1. The summed E-state index contributed by atoms with van der Waals surface area (Å²) in [6, 6.07) is 7.42. The van der Waals surface area contributed by atoms with Gasteiger partial charge in [-0.1, -0.05) is 30.3 Å². The van der Waals surface area contributed by atoms with Crippen LogP contribution in [0.4, 0.5) is 4.79 Å². The topological polar surface area (TPSA) is 78.4 Å². The van der Waals surface area contributed by atoms with E-state index in [4.69, 9.17) is 5.11 Å². The lowest BCUT2D eigenvalue weighted by molar-refractivity contribution is -0.139. The van der Waals surface area contributed by atoms with Crippen LogP contribution in [0.2, 0.25) is 0 Å². The molecule has 1 aromatic carbocycles. The van der Waals surface area contributed by atoms with Crippen LogP contribution in [0.5, 0.6) is 0 Å². The molecule has 0 heterocycles. The molecule has 1 unspecified atom stereocenters. The second-order valence-electron chi connectivity index (χ2n) is 4.43. The van der Waals surface area contributed by atoms with Crippen molar-refractivity contribution in [3.8, 4) is 0 Å². The number of carboxylic acid groups (broad SMARTS) is 1. The average Bonchev–Trinajstić information content (AvgIpc) is 2.31. The van der Waals surface area contributed by atoms with E-state index >= 15 is 0 Å². The zero-order chi connectivity index (χ0) is 13.0. The van der Waals surface area contributed by atoms with E-state index in [1.165, 1.54) is 0 Å². The number of hydrogen-bond donors (Lipinski definition) is 3. The predicted molar refractivity (Wildman–Crippen MR) is 66.1 cm³/mol. The molecule has 1 aliphatic rings. The molecule has 5 nitrogen and oxygen atoms in total. The van der Waals surface area contributed by atoms with Crippen LogP contribution in [0.1, 0.15) is 30.9 Å². The first kappa shape index (κ1) is 12.4. The molecule has 1 aliphatic carbocycles. The number of amides is 2. The van der Waals surface area contributed by atoms with Crippen LogP contribution in [0.25, 0.3) is 0 Å². The fourth-order valence-electron chi connectivity index (χ4n) is 1.84. The van der Waals surface area contributed by atoms with E-state index in [2.05, 4.69) is 10.6 Å². The Hall–Kier alpha value is -2.04. The first-order chi connectivity index (χ1) is 8.66. The molecule has 0 radical (unpaired) electrons. The zero-order valence-corrected chi connectivity index (χ0v) is 9.93. The predicted octanol–water partition coefficient (Wildman–Crippen LogP) is 1.66. The van der Waals surface area contributed by atoms with Crippen molar-refractivity contribution in [3.05, 3.63) is 35.9 Å². The summed E-state index contributed by atoms with van der Waals surface area (Å²) in [5, 5.41) is 14.4. The third-order valence-electron chi connectivity index (χ3n) is 3.10. The van der Waals surface area contributed by atoms with Gasteiger partial charge in [0.25, 0.3) is 0 Å². The molecule has 0 saturated heterocycles. The van der Waals surface area contributed by atoms with Gasteiger partial charge in [-0.2, -0.15) is 0 Å². The van der Waals surface area contributed by atoms with Crippen molar-refractivity contribution in [1.82, 2.24) is 10.6 Å². The van der Waals surface area contributed by atoms with Gasteiger partial charge in [-0.15, -0.1) is 0 Å². The Morgan fingerprint density at radius 1 is 1.22 bits per heavy atom. The summed E-state index contributed by atoms with van der Waals surface area (Å²) in [7, 11) is 0. The second kappa shape index (κ2) is 5.53. The van der Waals surface area contributed by atoms with Gasteiger partial charge < -0.3 is 15.7 Å². The Balaban J connectivity index is 1.98. The molecule has 1 atom stereocenters. The molecular formula is C13H16N2O3. The molecule has 5 heteroatoms. The number of urea groups is 1.